The van der Waals surface area contributed by atoms with Gasteiger partial charge in [0.15, 0.2) is 5.75 Å². The van der Waals surface area contributed by atoms with E-state index in [4.69, 9.17) is 23.2 Å². The molecule has 132 valence electrons. The normalized spacial score (nSPS) is 17.0. The monoisotopic (exact) mass is 382 g/mol. The van der Waals surface area contributed by atoms with Crippen LogP contribution in [0.2, 0.25) is 10.0 Å². The summed E-state index contributed by atoms with van der Waals surface area (Å²) in [7, 11) is -3.80. The van der Waals surface area contributed by atoms with Crippen molar-refractivity contribution in [2.24, 2.45) is 0 Å². The molecule has 8 heteroatoms. The fraction of sp³-hybridized carbons (Fsp3) is 0.600. The second kappa shape index (κ2) is 8.53. The fourth-order valence-corrected chi connectivity index (χ4v) is 4.50. The van der Waals surface area contributed by atoms with Crippen LogP contribution in [0.1, 0.15) is 27.7 Å². The van der Waals surface area contributed by atoms with Gasteiger partial charge >= 0.3 is 0 Å². The van der Waals surface area contributed by atoms with Gasteiger partial charge in [0, 0.05) is 37.2 Å². The third-order valence-corrected chi connectivity index (χ3v) is 6.03. The van der Waals surface area contributed by atoms with E-state index >= 15 is 0 Å². The lowest BCUT2D eigenvalue weighted by Gasteiger charge is -2.36. The van der Waals surface area contributed by atoms with E-state index in [-0.39, 0.29) is 14.9 Å². The molecule has 5 nitrogen and oxygen atoms in total. The van der Waals surface area contributed by atoms with Crippen molar-refractivity contribution < 1.29 is 13.5 Å². The fourth-order valence-electron chi connectivity index (χ4n) is 2.34. The van der Waals surface area contributed by atoms with E-state index in [0.29, 0.717) is 32.2 Å². The first-order valence-corrected chi connectivity index (χ1v) is 9.85. The molecule has 1 fully saturated rings. The second-order valence-corrected chi connectivity index (χ2v) is 8.02. The Kier molecular flexibility index (Phi) is 7.61. The Bertz CT molecular complexity index is 628. The summed E-state index contributed by atoms with van der Waals surface area (Å²) in [5.74, 6) is -0.452. The highest BCUT2D eigenvalue weighted by Crippen LogP contribution is 2.35. The first-order chi connectivity index (χ1) is 10.7. The number of aromatic hydroxyl groups is 1. The van der Waals surface area contributed by atoms with Crippen molar-refractivity contribution >= 4 is 33.2 Å². The topological polar surface area (TPSA) is 60.9 Å². The average Bonchev–Trinajstić information content (AvgIpc) is 2.52. The van der Waals surface area contributed by atoms with E-state index in [9.17, 15) is 13.5 Å². The zero-order valence-corrected chi connectivity index (χ0v) is 16.2. The molecule has 0 radical (unpaired) electrons. The zero-order valence-electron chi connectivity index (χ0n) is 13.9. The molecule has 0 amide bonds. The summed E-state index contributed by atoms with van der Waals surface area (Å²) in [6, 6.07) is 2.92. The van der Waals surface area contributed by atoms with Crippen molar-refractivity contribution in [3.05, 3.63) is 22.2 Å². The molecular weight excluding hydrogens is 359 g/mol. The van der Waals surface area contributed by atoms with Crippen LogP contribution in [0.25, 0.3) is 0 Å². The summed E-state index contributed by atoms with van der Waals surface area (Å²) in [6.45, 7) is 10.2. The molecule has 1 aliphatic heterocycles. The van der Waals surface area contributed by atoms with Gasteiger partial charge in [-0.05, 0) is 26.0 Å². The Hall–Kier alpha value is -0.530. The molecule has 0 atom stereocenters. The lowest BCUT2D eigenvalue weighted by Crippen LogP contribution is -2.50. The Morgan fingerprint density at radius 2 is 1.61 bits per heavy atom. The number of sulfonamides is 1. The first-order valence-electron chi connectivity index (χ1n) is 7.65. The molecule has 0 aromatic heterocycles. The molecule has 1 heterocycles. The molecule has 2 rings (SSSR count). The molecule has 0 bridgehead atoms. The Morgan fingerprint density at radius 1 is 1.09 bits per heavy atom. The number of benzene rings is 1. The van der Waals surface area contributed by atoms with Gasteiger partial charge in [0.1, 0.15) is 4.90 Å². The summed E-state index contributed by atoms with van der Waals surface area (Å²) >= 11 is 11.6. The van der Waals surface area contributed by atoms with Gasteiger partial charge in [-0.1, -0.05) is 37.0 Å². The maximum Gasteiger partial charge on any atom is 0.246 e. The van der Waals surface area contributed by atoms with Gasteiger partial charge < -0.3 is 5.11 Å². The Morgan fingerprint density at radius 3 is 2.09 bits per heavy atom. The maximum atomic E-state index is 12.6. The van der Waals surface area contributed by atoms with Gasteiger partial charge in [0.05, 0.1) is 5.02 Å². The first kappa shape index (κ1) is 20.5. The van der Waals surface area contributed by atoms with Crippen LogP contribution in [0.4, 0.5) is 0 Å². The van der Waals surface area contributed by atoms with E-state index in [1.807, 2.05) is 13.8 Å². The molecule has 23 heavy (non-hydrogen) atoms. The predicted molar refractivity (Wildman–Crippen MR) is 94.9 cm³/mol. The minimum Gasteiger partial charge on any atom is -0.505 e. The number of hydrogen-bond donors (Lipinski definition) is 1. The zero-order chi connectivity index (χ0) is 17.8. The molecule has 1 aliphatic rings. The minimum atomic E-state index is -3.80. The van der Waals surface area contributed by atoms with Crippen LogP contribution in [-0.2, 0) is 10.0 Å². The number of piperazine rings is 1. The van der Waals surface area contributed by atoms with E-state index in [1.165, 1.54) is 16.4 Å². The van der Waals surface area contributed by atoms with Crippen molar-refractivity contribution in [1.82, 2.24) is 9.21 Å². The van der Waals surface area contributed by atoms with Gasteiger partial charge in [0.25, 0.3) is 0 Å². The number of rotatable bonds is 3. The third-order valence-electron chi connectivity index (χ3n) is 3.61. The van der Waals surface area contributed by atoms with Gasteiger partial charge in [-0.3, -0.25) is 4.90 Å². The standard InChI is InChI=1S/C13H18Cl2N2O3S.C2H6/c1-9(2)16-3-5-17(6-4-16)21(19,20)12-8-10(14)7-11(15)13(12)18;1-2/h7-9,18H,3-6H2,1-2H3;1-2H3. The van der Waals surface area contributed by atoms with Gasteiger partial charge in [-0.25, -0.2) is 8.42 Å². The SMILES string of the molecule is CC.CC(C)N1CCN(S(=O)(=O)c2cc(Cl)cc(Cl)c2O)CC1. The highest BCUT2D eigenvalue weighted by Gasteiger charge is 2.32. The molecule has 0 saturated carbocycles. The number of phenols is 1. The van der Waals surface area contributed by atoms with E-state index in [0.717, 1.165) is 0 Å². The lowest BCUT2D eigenvalue weighted by molar-refractivity contribution is 0.154. The van der Waals surface area contributed by atoms with E-state index in [1.54, 1.807) is 0 Å². The van der Waals surface area contributed by atoms with Crippen molar-refractivity contribution in [3.8, 4) is 5.75 Å². The molecular formula is C15H24Cl2N2O3S. The van der Waals surface area contributed by atoms with Crippen LogP contribution >= 0.6 is 23.2 Å². The quantitative estimate of drug-likeness (QED) is 0.869. The largest absolute Gasteiger partial charge is 0.505 e. The van der Waals surface area contributed by atoms with Crippen molar-refractivity contribution in [2.75, 3.05) is 26.2 Å². The Labute approximate surface area is 148 Å². The van der Waals surface area contributed by atoms with Crippen LogP contribution in [-0.4, -0.2) is 55.0 Å². The average molecular weight is 383 g/mol. The minimum absolute atomic E-state index is 0.0677. The molecule has 1 saturated heterocycles. The molecule has 1 aromatic rings. The summed E-state index contributed by atoms with van der Waals surface area (Å²) in [5, 5.41) is 10.0. The third kappa shape index (κ3) is 4.73. The highest BCUT2D eigenvalue weighted by molar-refractivity contribution is 7.89. The number of hydrogen-bond acceptors (Lipinski definition) is 4. The van der Waals surface area contributed by atoms with E-state index in [2.05, 4.69) is 18.7 Å². The molecule has 0 unspecified atom stereocenters. The molecule has 1 aromatic carbocycles. The molecule has 1 N–H and O–H groups in total. The smallest absolute Gasteiger partial charge is 0.246 e. The molecule has 0 aliphatic carbocycles. The predicted octanol–water partition coefficient (Wildman–Crippen LogP) is 3.44. The van der Waals surface area contributed by atoms with Crippen molar-refractivity contribution in [2.45, 2.75) is 38.6 Å². The van der Waals surface area contributed by atoms with Crippen LogP contribution in [0.3, 0.4) is 0 Å². The van der Waals surface area contributed by atoms with E-state index < -0.39 is 15.8 Å². The van der Waals surface area contributed by atoms with Crippen molar-refractivity contribution in [1.29, 1.82) is 0 Å². The number of halogens is 2. The Balaban J connectivity index is 0.00000127. The second-order valence-electron chi connectivity index (χ2n) is 5.27. The van der Waals surface area contributed by atoms with Crippen molar-refractivity contribution in [3.63, 3.8) is 0 Å². The molecule has 0 spiro atoms. The maximum absolute atomic E-state index is 12.6. The van der Waals surface area contributed by atoms with Crippen LogP contribution in [0, 0.1) is 0 Å². The number of phenolic OH excluding ortho intramolecular Hbond substituents is 1. The summed E-state index contributed by atoms with van der Waals surface area (Å²) in [5.41, 5.74) is 0. The summed E-state index contributed by atoms with van der Waals surface area (Å²) in [6.07, 6.45) is 0. The van der Waals surface area contributed by atoms with Gasteiger partial charge in [-0.15, -0.1) is 0 Å². The van der Waals surface area contributed by atoms with Gasteiger partial charge in [-0.2, -0.15) is 4.31 Å². The van der Waals surface area contributed by atoms with Crippen LogP contribution in [0.15, 0.2) is 17.0 Å². The lowest BCUT2D eigenvalue weighted by atomic mass is 10.3. The summed E-state index contributed by atoms with van der Waals surface area (Å²) < 4.78 is 26.6. The van der Waals surface area contributed by atoms with Crippen LogP contribution in [0.5, 0.6) is 5.75 Å². The number of nitrogens with zero attached hydrogens (tertiary/aromatic N) is 2. The summed E-state index contributed by atoms with van der Waals surface area (Å²) in [4.78, 5) is 1.97. The van der Waals surface area contributed by atoms with Gasteiger partial charge in [0.2, 0.25) is 10.0 Å². The highest BCUT2D eigenvalue weighted by atomic mass is 35.5. The van der Waals surface area contributed by atoms with Crippen LogP contribution < -0.4 is 0 Å².